The first-order valence-corrected chi connectivity index (χ1v) is 3.48. The van der Waals surface area contributed by atoms with Crippen LogP contribution in [0.15, 0.2) is 0 Å². The Morgan fingerprint density at radius 1 is 1.78 bits per heavy atom. The SMILES string of the molecule is C[C@H]1C[C@@](C)(CN)CO1. The van der Waals surface area contributed by atoms with Crippen LogP contribution in [0.5, 0.6) is 0 Å². The average Bonchev–Trinajstić information content (AvgIpc) is 2.13. The minimum absolute atomic E-state index is 0.263. The topological polar surface area (TPSA) is 35.2 Å². The summed E-state index contributed by atoms with van der Waals surface area (Å²) in [4.78, 5) is 0. The molecule has 2 heteroatoms. The van der Waals surface area contributed by atoms with Crippen molar-refractivity contribution >= 4 is 0 Å². The Labute approximate surface area is 56.4 Å². The van der Waals surface area contributed by atoms with Gasteiger partial charge in [0, 0.05) is 5.41 Å². The summed E-state index contributed by atoms with van der Waals surface area (Å²) >= 11 is 0. The van der Waals surface area contributed by atoms with E-state index in [9.17, 15) is 0 Å². The van der Waals surface area contributed by atoms with Crippen molar-refractivity contribution in [2.45, 2.75) is 26.4 Å². The molecule has 9 heavy (non-hydrogen) atoms. The summed E-state index contributed by atoms with van der Waals surface area (Å²) < 4.78 is 5.38. The van der Waals surface area contributed by atoms with E-state index in [1.807, 2.05) is 0 Å². The first kappa shape index (κ1) is 7.03. The maximum absolute atomic E-state index is 5.55. The Morgan fingerprint density at radius 2 is 2.44 bits per heavy atom. The molecule has 0 unspecified atom stereocenters. The molecule has 2 nitrogen and oxygen atoms in total. The van der Waals surface area contributed by atoms with E-state index < -0.39 is 0 Å². The van der Waals surface area contributed by atoms with Crippen molar-refractivity contribution in [3.8, 4) is 0 Å². The van der Waals surface area contributed by atoms with Gasteiger partial charge in [-0.3, -0.25) is 0 Å². The molecule has 2 N–H and O–H groups in total. The van der Waals surface area contributed by atoms with Crippen molar-refractivity contribution in [1.29, 1.82) is 0 Å². The quantitative estimate of drug-likeness (QED) is 0.567. The molecule has 0 aliphatic carbocycles. The fourth-order valence-electron chi connectivity index (χ4n) is 1.30. The van der Waals surface area contributed by atoms with Gasteiger partial charge in [-0.1, -0.05) is 6.92 Å². The van der Waals surface area contributed by atoms with Crippen molar-refractivity contribution < 1.29 is 4.74 Å². The molecule has 1 heterocycles. The number of ether oxygens (including phenoxy) is 1. The zero-order chi connectivity index (χ0) is 6.91. The second-order valence-electron chi connectivity index (χ2n) is 3.34. The monoisotopic (exact) mass is 129 g/mol. The maximum atomic E-state index is 5.55. The van der Waals surface area contributed by atoms with Gasteiger partial charge in [-0.25, -0.2) is 0 Å². The van der Waals surface area contributed by atoms with Gasteiger partial charge in [0.1, 0.15) is 0 Å². The highest BCUT2D eigenvalue weighted by atomic mass is 16.5. The van der Waals surface area contributed by atoms with E-state index in [0.717, 1.165) is 19.6 Å². The normalized spacial score (nSPS) is 43.7. The molecule has 1 rings (SSSR count). The van der Waals surface area contributed by atoms with Crippen molar-refractivity contribution in [2.75, 3.05) is 13.2 Å². The van der Waals surface area contributed by atoms with Gasteiger partial charge < -0.3 is 10.5 Å². The van der Waals surface area contributed by atoms with Crippen molar-refractivity contribution in [1.82, 2.24) is 0 Å². The van der Waals surface area contributed by atoms with Crippen LogP contribution >= 0.6 is 0 Å². The fraction of sp³-hybridized carbons (Fsp3) is 1.00. The number of hydrogen-bond donors (Lipinski definition) is 1. The minimum atomic E-state index is 0.263. The summed E-state index contributed by atoms with van der Waals surface area (Å²) in [6.45, 7) is 5.86. The zero-order valence-corrected chi connectivity index (χ0v) is 6.18. The average molecular weight is 129 g/mol. The van der Waals surface area contributed by atoms with Gasteiger partial charge in [0.15, 0.2) is 0 Å². The number of nitrogens with two attached hydrogens (primary N) is 1. The van der Waals surface area contributed by atoms with Crippen LogP contribution in [0.4, 0.5) is 0 Å². The standard InChI is InChI=1S/C7H15NO/c1-6-3-7(2,4-8)5-9-6/h6H,3-5,8H2,1-2H3/t6-,7-/m0/s1. The molecule has 0 aromatic rings. The summed E-state index contributed by atoms with van der Waals surface area (Å²) in [5.74, 6) is 0. The molecule has 0 aromatic carbocycles. The Morgan fingerprint density at radius 3 is 2.67 bits per heavy atom. The zero-order valence-electron chi connectivity index (χ0n) is 6.18. The molecular formula is C7H15NO. The van der Waals surface area contributed by atoms with E-state index in [1.54, 1.807) is 0 Å². The number of rotatable bonds is 1. The fourth-order valence-corrected chi connectivity index (χ4v) is 1.30. The summed E-state index contributed by atoms with van der Waals surface area (Å²) in [5.41, 5.74) is 5.81. The molecule has 1 aliphatic heterocycles. The Kier molecular flexibility index (Phi) is 1.78. The van der Waals surface area contributed by atoms with Crippen molar-refractivity contribution in [2.24, 2.45) is 11.1 Å². The molecule has 0 bridgehead atoms. The van der Waals surface area contributed by atoms with Crippen LogP contribution < -0.4 is 5.73 Å². The third kappa shape index (κ3) is 1.43. The number of hydrogen-bond acceptors (Lipinski definition) is 2. The van der Waals surface area contributed by atoms with Gasteiger partial charge in [0.05, 0.1) is 12.7 Å². The Balaban J connectivity index is 2.45. The van der Waals surface area contributed by atoms with Crippen LogP contribution in [-0.4, -0.2) is 19.3 Å². The van der Waals surface area contributed by atoms with Crippen LogP contribution in [0, 0.1) is 5.41 Å². The van der Waals surface area contributed by atoms with Crippen LogP contribution in [0.25, 0.3) is 0 Å². The predicted octanol–water partition coefficient (Wildman–Crippen LogP) is 0.760. The lowest BCUT2D eigenvalue weighted by molar-refractivity contribution is 0.110. The van der Waals surface area contributed by atoms with E-state index in [0.29, 0.717) is 6.10 Å². The van der Waals surface area contributed by atoms with Gasteiger partial charge in [-0.15, -0.1) is 0 Å². The largest absolute Gasteiger partial charge is 0.378 e. The molecule has 54 valence electrons. The van der Waals surface area contributed by atoms with Gasteiger partial charge in [0.25, 0.3) is 0 Å². The van der Waals surface area contributed by atoms with E-state index in [1.165, 1.54) is 0 Å². The van der Waals surface area contributed by atoms with Gasteiger partial charge in [-0.05, 0) is 19.9 Å². The van der Waals surface area contributed by atoms with Crippen LogP contribution in [-0.2, 0) is 4.74 Å². The molecule has 0 spiro atoms. The summed E-state index contributed by atoms with van der Waals surface area (Å²) in [6, 6.07) is 0. The molecule has 0 saturated carbocycles. The second-order valence-corrected chi connectivity index (χ2v) is 3.34. The molecular weight excluding hydrogens is 114 g/mol. The van der Waals surface area contributed by atoms with Crippen molar-refractivity contribution in [3.63, 3.8) is 0 Å². The lowest BCUT2D eigenvalue weighted by Gasteiger charge is -2.17. The van der Waals surface area contributed by atoms with Gasteiger partial charge in [0.2, 0.25) is 0 Å². The maximum Gasteiger partial charge on any atom is 0.0553 e. The highest BCUT2D eigenvalue weighted by molar-refractivity contribution is 4.82. The molecule has 1 saturated heterocycles. The summed E-state index contributed by atoms with van der Waals surface area (Å²) in [6.07, 6.45) is 1.53. The Bertz CT molecular complexity index is 105. The first-order chi connectivity index (χ1) is 4.16. The predicted molar refractivity (Wildman–Crippen MR) is 37.2 cm³/mol. The molecule has 1 aliphatic rings. The second kappa shape index (κ2) is 2.27. The molecule has 0 amide bonds. The lowest BCUT2D eigenvalue weighted by atomic mass is 9.88. The molecule has 0 aromatic heterocycles. The Hall–Kier alpha value is -0.0800. The summed E-state index contributed by atoms with van der Waals surface area (Å²) in [7, 11) is 0. The molecule has 2 atom stereocenters. The third-order valence-corrected chi connectivity index (χ3v) is 1.99. The summed E-state index contributed by atoms with van der Waals surface area (Å²) in [5, 5.41) is 0. The molecule has 0 radical (unpaired) electrons. The van der Waals surface area contributed by atoms with E-state index in [4.69, 9.17) is 10.5 Å². The van der Waals surface area contributed by atoms with E-state index >= 15 is 0 Å². The smallest absolute Gasteiger partial charge is 0.0553 e. The van der Waals surface area contributed by atoms with Crippen LogP contribution in [0.3, 0.4) is 0 Å². The highest BCUT2D eigenvalue weighted by Gasteiger charge is 2.32. The minimum Gasteiger partial charge on any atom is -0.378 e. The van der Waals surface area contributed by atoms with Crippen LogP contribution in [0.1, 0.15) is 20.3 Å². The van der Waals surface area contributed by atoms with Crippen molar-refractivity contribution in [3.05, 3.63) is 0 Å². The van der Waals surface area contributed by atoms with E-state index in [-0.39, 0.29) is 5.41 Å². The van der Waals surface area contributed by atoms with Gasteiger partial charge >= 0.3 is 0 Å². The first-order valence-electron chi connectivity index (χ1n) is 3.48. The lowest BCUT2D eigenvalue weighted by Crippen LogP contribution is -2.27. The molecule has 1 fully saturated rings. The van der Waals surface area contributed by atoms with Gasteiger partial charge in [-0.2, -0.15) is 0 Å². The third-order valence-electron chi connectivity index (χ3n) is 1.99. The van der Waals surface area contributed by atoms with Crippen LogP contribution in [0.2, 0.25) is 0 Å². The highest BCUT2D eigenvalue weighted by Crippen LogP contribution is 2.30. The van der Waals surface area contributed by atoms with E-state index in [2.05, 4.69) is 13.8 Å².